The Bertz CT molecular complexity index is 642. The Hall–Kier alpha value is -1.47. The fourth-order valence-corrected chi connectivity index (χ4v) is 2.75. The van der Waals surface area contributed by atoms with Crippen molar-refractivity contribution in [3.63, 3.8) is 0 Å². The molecule has 0 aromatic heterocycles. The lowest BCUT2D eigenvalue weighted by molar-refractivity contribution is 0.0745. The molecule has 1 aromatic carbocycles. The average Bonchev–Trinajstić information content (AvgIpc) is 2.36. The zero-order valence-electron chi connectivity index (χ0n) is 12.7. The number of carbonyl (C=O) groups excluding carboxylic acids is 1. The van der Waals surface area contributed by atoms with Crippen molar-refractivity contribution >= 4 is 15.9 Å². The van der Waals surface area contributed by atoms with Crippen molar-refractivity contribution in [2.75, 3.05) is 13.1 Å². The number of hydrogen-bond acceptors (Lipinski definition) is 3. The monoisotopic (exact) mass is 316 g/mol. The van der Waals surface area contributed by atoms with Crippen molar-refractivity contribution in [2.45, 2.75) is 32.6 Å². The van der Waals surface area contributed by atoms with Crippen LogP contribution in [0, 0.1) is 18.7 Å². The Kier molecular flexibility index (Phi) is 5.47. The summed E-state index contributed by atoms with van der Waals surface area (Å²) in [5.41, 5.74) is 0.200. The molecule has 0 heterocycles. The number of rotatable bonds is 5. The summed E-state index contributed by atoms with van der Waals surface area (Å²) in [6, 6.07) is 2.35. The molecule has 2 N–H and O–H groups in total. The van der Waals surface area contributed by atoms with Gasteiger partial charge in [0.2, 0.25) is 10.0 Å². The second-order valence-electron chi connectivity index (χ2n) is 5.39. The minimum Gasteiger partial charge on any atom is -0.339 e. The number of carbonyl (C=O) groups is 1. The van der Waals surface area contributed by atoms with Crippen LogP contribution >= 0.6 is 0 Å². The molecule has 21 heavy (non-hydrogen) atoms. The molecule has 0 radical (unpaired) electrons. The molecule has 0 aliphatic heterocycles. The van der Waals surface area contributed by atoms with E-state index < -0.39 is 20.7 Å². The number of nitrogens with two attached hydrogens (primary N) is 1. The first-order chi connectivity index (χ1) is 9.57. The van der Waals surface area contributed by atoms with Crippen LogP contribution in [0.15, 0.2) is 17.0 Å². The number of hydrogen-bond donors (Lipinski definition) is 1. The molecule has 0 aliphatic carbocycles. The molecule has 1 rings (SSSR count). The van der Waals surface area contributed by atoms with Gasteiger partial charge in [-0.1, -0.05) is 13.8 Å². The predicted molar refractivity (Wildman–Crippen MR) is 78.9 cm³/mol. The third-order valence-corrected chi connectivity index (χ3v) is 3.94. The lowest BCUT2D eigenvalue weighted by Crippen LogP contribution is -2.34. The average molecular weight is 316 g/mol. The van der Waals surface area contributed by atoms with E-state index in [9.17, 15) is 17.6 Å². The fourth-order valence-electron chi connectivity index (χ4n) is 2.05. The standard InChI is InChI=1S/C14H21FN2O3S/c1-5-17(8-9(2)3)14(18)11-6-10(4)13(15)12(7-11)21(16,19)20/h6-7,9H,5,8H2,1-4H3,(H2,16,19,20). The van der Waals surface area contributed by atoms with Crippen LogP contribution < -0.4 is 5.14 Å². The zero-order valence-corrected chi connectivity index (χ0v) is 13.5. The molecule has 0 fully saturated rings. The summed E-state index contributed by atoms with van der Waals surface area (Å²) in [7, 11) is -4.21. The first kappa shape index (κ1) is 17.6. The molecule has 1 amide bonds. The maximum Gasteiger partial charge on any atom is 0.253 e. The molecular weight excluding hydrogens is 295 g/mol. The van der Waals surface area contributed by atoms with Crippen molar-refractivity contribution in [2.24, 2.45) is 11.1 Å². The maximum absolute atomic E-state index is 13.9. The lowest BCUT2D eigenvalue weighted by atomic mass is 10.1. The van der Waals surface area contributed by atoms with Crippen LogP contribution in [0.1, 0.15) is 36.7 Å². The molecule has 0 unspecified atom stereocenters. The second kappa shape index (κ2) is 6.53. The zero-order chi connectivity index (χ0) is 16.4. The van der Waals surface area contributed by atoms with Crippen molar-refractivity contribution < 1.29 is 17.6 Å². The third-order valence-electron chi connectivity index (χ3n) is 3.03. The van der Waals surface area contributed by atoms with E-state index >= 15 is 0 Å². The van der Waals surface area contributed by atoms with Crippen LogP contribution in [-0.2, 0) is 10.0 Å². The first-order valence-electron chi connectivity index (χ1n) is 6.70. The maximum atomic E-state index is 13.9. The van der Waals surface area contributed by atoms with E-state index in [-0.39, 0.29) is 23.0 Å². The highest BCUT2D eigenvalue weighted by molar-refractivity contribution is 7.89. The number of aryl methyl sites for hydroxylation is 1. The molecule has 1 aromatic rings. The summed E-state index contributed by atoms with van der Waals surface area (Å²) >= 11 is 0. The van der Waals surface area contributed by atoms with Crippen LogP contribution in [0.5, 0.6) is 0 Å². The molecular formula is C14H21FN2O3S. The number of nitrogens with zero attached hydrogens (tertiary/aromatic N) is 1. The van der Waals surface area contributed by atoms with Crippen LogP contribution in [-0.4, -0.2) is 32.3 Å². The van der Waals surface area contributed by atoms with E-state index in [1.54, 1.807) is 4.90 Å². The van der Waals surface area contributed by atoms with Gasteiger partial charge in [-0.2, -0.15) is 0 Å². The van der Waals surface area contributed by atoms with Gasteiger partial charge in [0.1, 0.15) is 10.7 Å². The van der Waals surface area contributed by atoms with E-state index in [0.717, 1.165) is 6.07 Å². The van der Waals surface area contributed by atoms with Crippen LogP contribution in [0.25, 0.3) is 0 Å². The second-order valence-corrected chi connectivity index (χ2v) is 6.92. The molecule has 0 saturated carbocycles. The van der Waals surface area contributed by atoms with Crippen LogP contribution in [0.4, 0.5) is 4.39 Å². The number of benzene rings is 1. The molecule has 118 valence electrons. The van der Waals surface area contributed by atoms with E-state index in [0.29, 0.717) is 13.1 Å². The molecule has 5 nitrogen and oxygen atoms in total. The van der Waals surface area contributed by atoms with Crippen molar-refractivity contribution in [3.8, 4) is 0 Å². The summed E-state index contributed by atoms with van der Waals surface area (Å²) in [4.78, 5) is 13.4. The molecule has 0 saturated heterocycles. The number of sulfonamides is 1. The molecule has 0 bridgehead atoms. The van der Waals surface area contributed by atoms with Crippen LogP contribution in [0.2, 0.25) is 0 Å². The van der Waals surface area contributed by atoms with Gasteiger partial charge in [0.05, 0.1) is 0 Å². The molecule has 0 spiro atoms. The van der Waals surface area contributed by atoms with E-state index in [2.05, 4.69) is 0 Å². The Labute approximate surface area is 125 Å². The SMILES string of the molecule is CCN(CC(C)C)C(=O)c1cc(C)c(F)c(S(N)(=O)=O)c1. The Morgan fingerprint density at radius 3 is 2.38 bits per heavy atom. The highest BCUT2D eigenvalue weighted by atomic mass is 32.2. The highest BCUT2D eigenvalue weighted by Gasteiger charge is 2.22. The van der Waals surface area contributed by atoms with E-state index in [1.165, 1.54) is 13.0 Å². The van der Waals surface area contributed by atoms with Crippen molar-refractivity contribution in [1.29, 1.82) is 0 Å². The summed E-state index contributed by atoms with van der Waals surface area (Å²) in [5, 5.41) is 4.99. The Balaban J connectivity index is 3.31. The fraction of sp³-hybridized carbons (Fsp3) is 0.500. The smallest absolute Gasteiger partial charge is 0.253 e. The predicted octanol–water partition coefficient (Wildman–Crippen LogP) is 1.90. The van der Waals surface area contributed by atoms with Gasteiger partial charge in [-0.3, -0.25) is 4.79 Å². The lowest BCUT2D eigenvalue weighted by Gasteiger charge is -2.23. The Morgan fingerprint density at radius 1 is 1.38 bits per heavy atom. The topological polar surface area (TPSA) is 80.5 Å². The molecule has 0 aliphatic rings. The third kappa shape index (κ3) is 4.25. The number of primary sulfonamides is 1. The van der Waals surface area contributed by atoms with Crippen molar-refractivity contribution in [1.82, 2.24) is 4.90 Å². The van der Waals surface area contributed by atoms with Gasteiger partial charge in [0.15, 0.2) is 0 Å². The van der Waals surface area contributed by atoms with E-state index in [1.807, 2.05) is 20.8 Å². The van der Waals surface area contributed by atoms with Gasteiger partial charge in [-0.15, -0.1) is 0 Å². The summed E-state index contributed by atoms with van der Waals surface area (Å²) in [6.07, 6.45) is 0. The van der Waals surface area contributed by atoms with Gasteiger partial charge in [0, 0.05) is 18.7 Å². The van der Waals surface area contributed by atoms with Gasteiger partial charge in [-0.05, 0) is 37.5 Å². The van der Waals surface area contributed by atoms with Gasteiger partial charge in [0.25, 0.3) is 5.91 Å². The van der Waals surface area contributed by atoms with Gasteiger partial charge in [-0.25, -0.2) is 17.9 Å². The van der Waals surface area contributed by atoms with Gasteiger partial charge < -0.3 is 4.90 Å². The summed E-state index contributed by atoms with van der Waals surface area (Å²) < 4.78 is 36.7. The quantitative estimate of drug-likeness (QED) is 0.901. The minimum atomic E-state index is -4.21. The number of halogens is 1. The molecule has 0 atom stereocenters. The normalized spacial score (nSPS) is 11.8. The van der Waals surface area contributed by atoms with E-state index in [4.69, 9.17) is 5.14 Å². The van der Waals surface area contributed by atoms with Crippen LogP contribution in [0.3, 0.4) is 0 Å². The highest BCUT2D eigenvalue weighted by Crippen LogP contribution is 2.20. The molecule has 7 heteroatoms. The summed E-state index contributed by atoms with van der Waals surface area (Å²) in [5.74, 6) is -0.978. The largest absolute Gasteiger partial charge is 0.339 e. The first-order valence-corrected chi connectivity index (χ1v) is 8.24. The Morgan fingerprint density at radius 2 is 1.95 bits per heavy atom. The summed E-state index contributed by atoms with van der Waals surface area (Å²) in [6.45, 7) is 8.20. The van der Waals surface area contributed by atoms with Gasteiger partial charge >= 0.3 is 0 Å². The number of amides is 1. The minimum absolute atomic E-state index is 0.0745. The van der Waals surface area contributed by atoms with Crippen molar-refractivity contribution in [3.05, 3.63) is 29.1 Å².